The third-order valence-electron chi connectivity index (χ3n) is 3.34. The Kier molecular flexibility index (Phi) is 8.17. The second-order valence-electron chi connectivity index (χ2n) is 5.23. The van der Waals surface area contributed by atoms with E-state index in [-0.39, 0.29) is 0 Å². The van der Waals surface area contributed by atoms with Crippen molar-refractivity contribution < 1.29 is 4.79 Å². The molecule has 1 aliphatic heterocycles. The van der Waals surface area contributed by atoms with Gasteiger partial charge in [-0.2, -0.15) is 0 Å². The number of fused-ring (bicyclic) bond motifs is 1. The van der Waals surface area contributed by atoms with E-state index in [2.05, 4.69) is 24.2 Å². The molecule has 2 rings (SSSR count). The van der Waals surface area contributed by atoms with Crippen LogP contribution in [0.3, 0.4) is 0 Å². The Morgan fingerprint density at radius 3 is 2.33 bits per heavy atom. The zero-order valence-electron chi connectivity index (χ0n) is 13.1. The summed E-state index contributed by atoms with van der Waals surface area (Å²) in [6.07, 6.45) is 10.0. The molecule has 0 fully saturated rings. The Morgan fingerprint density at radius 2 is 1.76 bits per heavy atom. The van der Waals surface area contributed by atoms with Crippen LogP contribution in [0.4, 0.5) is 11.4 Å². The molecular weight excluding hydrogens is 262 g/mol. The van der Waals surface area contributed by atoms with Crippen molar-refractivity contribution in [3.8, 4) is 0 Å². The summed E-state index contributed by atoms with van der Waals surface area (Å²) in [5.41, 5.74) is 6.81. The molecule has 0 radical (unpaired) electrons. The van der Waals surface area contributed by atoms with Gasteiger partial charge in [-0.3, -0.25) is 9.79 Å². The van der Waals surface area contributed by atoms with E-state index in [1.807, 2.05) is 24.3 Å². The average molecular weight is 289 g/mol. The summed E-state index contributed by atoms with van der Waals surface area (Å²) in [6, 6.07) is 7.01. The van der Waals surface area contributed by atoms with Crippen LogP contribution in [-0.2, 0) is 4.79 Å². The monoisotopic (exact) mass is 289 g/mol. The predicted molar refractivity (Wildman–Crippen MR) is 90.2 cm³/mol. The van der Waals surface area contributed by atoms with Crippen molar-refractivity contribution in [2.24, 2.45) is 10.7 Å². The van der Waals surface area contributed by atoms with Gasteiger partial charge in [0.1, 0.15) is 6.04 Å². The lowest BCUT2D eigenvalue weighted by molar-refractivity contribution is -0.117. The molecule has 0 bridgehead atoms. The summed E-state index contributed by atoms with van der Waals surface area (Å²) in [5.74, 6) is -0.418. The second kappa shape index (κ2) is 9.97. The lowest BCUT2D eigenvalue weighted by atomic mass is 10.1. The van der Waals surface area contributed by atoms with Crippen molar-refractivity contribution in [3.63, 3.8) is 0 Å². The third kappa shape index (κ3) is 6.43. The zero-order chi connectivity index (χ0) is 15.5. The first-order valence-corrected chi connectivity index (χ1v) is 7.88. The molecule has 0 spiro atoms. The molecule has 4 heteroatoms. The molecule has 0 aromatic heterocycles. The Labute approximate surface area is 127 Å². The van der Waals surface area contributed by atoms with Gasteiger partial charge in [0, 0.05) is 6.21 Å². The van der Waals surface area contributed by atoms with E-state index in [9.17, 15) is 4.79 Å². The molecule has 116 valence electrons. The van der Waals surface area contributed by atoms with Gasteiger partial charge in [0.2, 0.25) is 5.91 Å². The van der Waals surface area contributed by atoms with Gasteiger partial charge in [-0.25, -0.2) is 0 Å². The van der Waals surface area contributed by atoms with Crippen LogP contribution in [0.2, 0.25) is 0 Å². The predicted octanol–water partition coefficient (Wildman–Crippen LogP) is 4.04. The van der Waals surface area contributed by atoms with E-state index in [1.165, 1.54) is 44.7 Å². The number of hydrogen-bond donors (Lipinski definition) is 2. The number of carbonyl (C=O) groups excluding carboxylic acids is 1. The number of nitrogens with zero attached hydrogens (tertiary/aromatic N) is 1. The van der Waals surface area contributed by atoms with Gasteiger partial charge in [-0.05, 0) is 12.1 Å². The quantitative estimate of drug-likeness (QED) is 0.776. The number of hydrogen-bond acceptors (Lipinski definition) is 3. The maximum Gasteiger partial charge on any atom is 0.245 e. The van der Waals surface area contributed by atoms with Crippen LogP contribution < -0.4 is 11.1 Å². The van der Waals surface area contributed by atoms with Gasteiger partial charge in [0.25, 0.3) is 0 Å². The van der Waals surface area contributed by atoms with Crippen LogP contribution >= 0.6 is 0 Å². The first-order valence-electron chi connectivity index (χ1n) is 7.88. The lowest BCUT2D eigenvalue weighted by Gasteiger charge is -2.18. The Hall–Kier alpha value is -1.84. The number of unbranched alkanes of at least 4 members (excludes halogenated alkanes) is 5. The molecule has 1 aliphatic rings. The first-order chi connectivity index (χ1) is 10.2. The fourth-order valence-corrected chi connectivity index (χ4v) is 2.07. The Morgan fingerprint density at radius 1 is 1.14 bits per heavy atom. The van der Waals surface area contributed by atoms with Gasteiger partial charge in [0.05, 0.1) is 11.4 Å². The van der Waals surface area contributed by atoms with E-state index in [0.717, 1.165) is 11.4 Å². The minimum atomic E-state index is -0.491. The van der Waals surface area contributed by atoms with E-state index in [4.69, 9.17) is 5.73 Å². The second-order valence-corrected chi connectivity index (χ2v) is 5.23. The molecule has 0 saturated carbocycles. The molecule has 3 N–H and O–H groups in total. The molecule has 1 aromatic carbocycles. The summed E-state index contributed by atoms with van der Waals surface area (Å²) >= 11 is 0. The number of carbonyl (C=O) groups is 1. The summed E-state index contributed by atoms with van der Waals surface area (Å²) in [5, 5.41) is 2.97. The van der Waals surface area contributed by atoms with Crippen molar-refractivity contribution in [2.75, 3.05) is 5.32 Å². The zero-order valence-corrected chi connectivity index (χ0v) is 13.1. The fourth-order valence-electron chi connectivity index (χ4n) is 2.07. The number of aliphatic imine (C=N–C) groups is 1. The van der Waals surface area contributed by atoms with Crippen LogP contribution in [-0.4, -0.2) is 18.2 Å². The highest BCUT2D eigenvalue weighted by atomic mass is 16.1. The summed E-state index contributed by atoms with van der Waals surface area (Å²) < 4.78 is 0. The van der Waals surface area contributed by atoms with E-state index >= 15 is 0 Å². The maximum absolute atomic E-state index is 10.8. The highest BCUT2D eigenvalue weighted by molar-refractivity contribution is 6.02. The number of nitrogens with one attached hydrogen (secondary N) is 1. The van der Waals surface area contributed by atoms with Crippen LogP contribution in [0, 0.1) is 0 Å². The number of benzene rings is 1. The topological polar surface area (TPSA) is 67.5 Å². The number of rotatable bonds is 6. The van der Waals surface area contributed by atoms with Crippen LogP contribution in [0.1, 0.15) is 52.4 Å². The lowest BCUT2D eigenvalue weighted by Crippen LogP contribution is -2.37. The standard InChI is InChI=1S/C9H9N3O.C8H18/c10-9(13)8-5-11-6-3-1-2-4-7(6)12-8;1-3-5-7-8-6-4-2/h1-5,8,12H,(H2,10,13);3-8H2,1-2H3. The molecule has 1 heterocycles. The molecule has 0 aliphatic carbocycles. The number of anilines is 1. The highest BCUT2D eigenvalue weighted by Gasteiger charge is 2.17. The van der Waals surface area contributed by atoms with Gasteiger partial charge in [-0.15, -0.1) is 0 Å². The smallest absolute Gasteiger partial charge is 0.245 e. The normalized spacial score (nSPS) is 15.4. The summed E-state index contributed by atoms with van der Waals surface area (Å²) in [6.45, 7) is 4.51. The summed E-state index contributed by atoms with van der Waals surface area (Å²) in [4.78, 5) is 14.9. The highest BCUT2D eigenvalue weighted by Crippen LogP contribution is 2.26. The molecule has 1 amide bonds. The van der Waals surface area contributed by atoms with E-state index in [0.29, 0.717) is 0 Å². The summed E-state index contributed by atoms with van der Waals surface area (Å²) in [7, 11) is 0. The van der Waals surface area contributed by atoms with Crippen molar-refractivity contribution in [3.05, 3.63) is 24.3 Å². The number of amides is 1. The van der Waals surface area contributed by atoms with Gasteiger partial charge >= 0.3 is 0 Å². The van der Waals surface area contributed by atoms with Crippen LogP contribution in [0.25, 0.3) is 0 Å². The minimum absolute atomic E-state index is 0.418. The maximum atomic E-state index is 10.8. The molecule has 21 heavy (non-hydrogen) atoms. The number of nitrogens with two attached hydrogens (primary N) is 1. The number of para-hydroxylation sites is 2. The Bertz CT molecular complexity index is 451. The van der Waals surface area contributed by atoms with E-state index in [1.54, 1.807) is 0 Å². The molecule has 1 atom stereocenters. The molecular formula is C17H27N3O. The SMILES string of the molecule is CCCCCCCC.NC(=O)C1C=Nc2ccccc2N1. The van der Waals surface area contributed by atoms with Crippen LogP contribution in [0.5, 0.6) is 0 Å². The largest absolute Gasteiger partial charge is 0.368 e. The van der Waals surface area contributed by atoms with Crippen molar-refractivity contribution >= 4 is 23.5 Å². The van der Waals surface area contributed by atoms with Crippen LogP contribution in [0.15, 0.2) is 29.3 Å². The van der Waals surface area contributed by atoms with Crippen molar-refractivity contribution in [2.45, 2.75) is 58.4 Å². The molecule has 1 aromatic rings. The van der Waals surface area contributed by atoms with E-state index < -0.39 is 11.9 Å². The fraction of sp³-hybridized carbons (Fsp3) is 0.529. The van der Waals surface area contributed by atoms with Gasteiger partial charge in [-0.1, -0.05) is 64.5 Å². The molecule has 1 unspecified atom stereocenters. The van der Waals surface area contributed by atoms with Gasteiger partial charge < -0.3 is 11.1 Å². The van der Waals surface area contributed by atoms with Gasteiger partial charge in [0.15, 0.2) is 0 Å². The third-order valence-corrected chi connectivity index (χ3v) is 3.34. The molecule has 0 saturated heterocycles. The Balaban J connectivity index is 0.000000240. The van der Waals surface area contributed by atoms with Crippen molar-refractivity contribution in [1.82, 2.24) is 0 Å². The molecule has 4 nitrogen and oxygen atoms in total. The van der Waals surface area contributed by atoms with Crippen molar-refractivity contribution in [1.29, 1.82) is 0 Å². The average Bonchev–Trinajstić information content (AvgIpc) is 2.52. The minimum Gasteiger partial charge on any atom is -0.368 e. The number of primary amides is 1. The first kappa shape index (κ1) is 17.2.